The van der Waals surface area contributed by atoms with Gasteiger partial charge in [0.05, 0.1) is 6.20 Å². The summed E-state index contributed by atoms with van der Waals surface area (Å²) in [5.41, 5.74) is 1.59. The zero-order valence-electron chi connectivity index (χ0n) is 16.2. The second-order valence-corrected chi connectivity index (χ2v) is 7.94. The van der Waals surface area contributed by atoms with Gasteiger partial charge in [0.1, 0.15) is 5.54 Å². The first-order valence-electron chi connectivity index (χ1n) is 9.92. The number of carbonyl (C=O) groups excluding carboxylic acids is 2. The summed E-state index contributed by atoms with van der Waals surface area (Å²) in [5, 5.41) is 9.71. The average molecular weight is 381 g/mol. The number of hydrogen-bond donors (Lipinski definition) is 2. The molecule has 1 aromatic heterocycles. The number of rotatable bonds is 6. The fourth-order valence-electron chi connectivity index (χ4n) is 4.55. The average Bonchev–Trinajstić information content (AvgIpc) is 3.24. The van der Waals surface area contributed by atoms with Crippen molar-refractivity contribution in [3.63, 3.8) is 0 Å². The third-order valence-electron chi connectivity index (χ3n) is 6.07. The molecule has 0 saturated carbocycles. The molecule has 0 bridgehead atoms. The van der Waals surface area contributed by atoms with Crippen LogP contribution in [0.2, 0.25) is 0 Å². The highest BCUT2D eigenvalue weighted by Crippen LogP contribution is 2.35. The molecule has 0 spiro atoms. The Labute approximate surface area is 165 Å². The van der Waals surface area contributed by atoms with E-state index in [0.717, 1.165) is 38.9 Å². The van der Waals surface area contributed by atoms with Crippen molar-refractivity contribution in [2.75, 3.05) is 13.1 Å². The third-order valence-corrected chi connectivity index (χ3v) is 6.07. The van der Waals surface area contributed by atoms with Gasteiger partial charge in [-0.3, -0.25) is 19.7 Å². The predicted octanol–water partition coefficient (Wildman–Crippen LogP) is 1.84. The molecule has 0 aliphatic carbocycles. The van der Waals surface area contributed by atoms with Gasteiger partial charge >= 0.3 is 6.03 Å². The van der Waals surface area contributed by atoms with Gasteiger partial charge in [-0.2, -0.15) is 5.10 Å². The van der Waals surface area contributed by atoms with Crippen molar-refractivity contribution in [2.24, 2.45) is 13.0 Å². The number of urea groups is 1. The lowest BCUT2D eigenvalue weighted by Gasteiger charge is -2.40. The number of hydrogen-bond acceptors (Lipinski definition) is 4. The molecule has 2 aromatic rings. The van der Waals surface area contributed by atoms with Crippen molar-refractivity contribution < 1.29 is 9.59 Å². The number of nitrogens with zero attached hydrogens (tertiary/aromatic N) is 3. The molecule has 148 valence electrons. The van der Waals surface area contributed by atoms with E-state index in [9.17, 15) is 9.59 Å². The van der Waals surface area contributed by atoms with E-state index in [-0.39, 0.29) is 17.9 Å². The highest BCUT2D eigenvalue weighted by molar-refractivity contribution is 6.07. The van der Waals surface area contributed by atoms with Crippen LogP contribution < -0.4 is 10.6 Å². The lowest BCUT2D eigenvalue weighted by atomic mass is 9.74. The Morgan fingerprint density at radius 3 is 2.50 bits per heavy atom. The SMILES string of the molecule is Cn1cc(CN2CCC(C3(CCc4ccccc4)NC(=O)NC3=O)CC2)cn1. The molecule has 2 N–H and O–H groups in total. The van der Waals surface area contributed by atoms with Crippen molar-refractivity contribution in [3.8, 4) is 0 Å². The molecule has 4 rings (SSSR count). The van der Waals surface area contributed by atoms with Gasteiger partial charge in [0.15, 0.2) is 0 Å². The lowest BCUT2D eigenvalue weighted by Crippen LogP contribution is -2.56. The Bertz CT molecular complexity index is 841. The summed E-state index contributed by atoms with van der Waals surface area (Å²) in [6.07, 6.45) is 7.12. The quantitative estimate of drug-likeness (QED) is 0.749. The Morgan fingerprint density at radius 1 is 1.14 bits per heavy atom. The van der Waals surface area contributed by atoms with E-state index in [1.165, 1.54) is 11.1 Å². The van der Waals surface area contributed by atoms with Crippen molar-refractivity contribution in [2.45, 2.75) is 37.8 Å². The first-order chi connectivity index (χ1) is 13.5. The highest BCUT2D eigenvalue weighted by atomic mass is 16.2. The van der Waals surface area contributed by atoms with E-state index in [1.54, 1.807) is 0 Å². The van der Waals surface area contributed by atoms with Gasteiger partial charge in [0.2, 0.25) is 0 Å². The van der Waals surface area contributed by atoms with Crippen molar-refractivity contribution in [3.05, 3.63) is 53.9 Å². The number of nitrogens with one attached hydrogen (secondary N) is 2. The number of aryl methyl sites for hydroxylation is 2. The van der Waals surface area contributed by atoms with Crippen LogP contribution in [0.25, 0.3) is 0 Å². The van der Waals surface area contributed by atoms with E-state index in [2.05, 4.69) is 32.8 Å². The van der Waals surface area contributed by atoms with Gasteiger partial charge in [-0.1, -0.05) is 30.3 Å². The van der Waals surface area contributed by atoms with Crippen LogP contribution in [-0.2, 0) is 24.8 Å². The molecular weight excluding hydrogens is 354 g/mol. The zero-order valence-corrected chi connectivity index (χ0v) is 16.2. The van der Waals surface area contributed by atoms with Gasteiger partial charge in [0, 0.05) is 25.4 Å². The molecule has 0 radical (unpaired) electrons. The molecule has 7 nitrogen and oxygen atoms in total. The Balaban J connectivity index is 1.42. The molecule has 2 fully saturated rings. The largest absolute Gasteiger partial charge is 0.323 e. The van der Waals surface area contributed by atoms with Crippen LogP contribution >= 0.6 is 0 Å². The minimum Gasteiger partial charge on any atom is -0.323 e. The second kappa shape index (κ2) is 7.75. The Morgan fingerprint density at radius 2 is 1.89 bits per heavy atom. The summed E-state index contributed by atoms with van der Waals surface area (Å²) in [6, 6.07) is 9.77. The fraction of sp³-hybridized carbons (Fsp3) is 0.476. The topological polar surface area (TPSA) is 79.3 Å². The van der Waals surface area contributed by atoms with Crippen LogP contribution in [0, 0.1) is 5.92 Å². The van der Waals surface area contributed by atoms with Crippen LogP contribution in [0.5, 0.6) is 0 Å². The predicted molar refractivity (Wildman–Crippen MR) is 105 cm³/mol. The molecule has 1 unspecified atom stereocenters. The molecular formula is C21H27N5O2. The van der Waals surface area contributed by atoms with Gasteiger partial charge in [-0.05, 0) is 50.3 Å². The van der Waals surface area contributed by atoms with E-state index in [4.69, 9.17) is 0 Å². The summed E-state index contributed by atoms with van der Waals surface area (Å²) in [4.78, 5) is 27.1. The number of piperidine rings is 1. The van der Waals surface area contributed by atoms with E-state index in [1.807, 2.05) is 42.3 Å². The molecule has 2 aliphatic heterocycles. The van der Waals surface area contributed by atoms with Crippen LogP contribution in [0.3, 0.4) is 0 Å². The molecule has 7 heteroatoms. The first-order valence-corrected chi connectivity index (χ1v) is 9.92. The van der Waals surface area contributed by atoms with Crippen LogP contribution in [-0.4, -0.2) is 45.2 Å². The number of aromatic nitrogens is 2. The van der Waals surface area contributed by atoms with Gasteiger partial charge < -0.3 is 5.32 Å². The zero-order chi connectivity index (χ0) is 19.6. The molecule has 2 saturated heterocycles. The number of benzene rings is 1. The van der Waals surface area contributed by atoms with Crippen molar-refractivity contribution in [1.29, 1.82) is 0 Å². The van der Waals surface area contributed by atoms with Crippen LogP contribution in [0.15, 0.2) is 42.7 Å². The molecule has 3 amide bonds. The molecule has 1 aromatic carbocycles. The maximum atomic E-state index is 12.8. The first kappa shape index (κ1) is 18.7. The maximum absolute atomic E-state index is 12.8. The smallest absolute Gasteiger partial charge is 0.322 e. The summed E-state index contributed by atoms with van der Waals surface area (Å²) >= 11 is 0. The Hall–Kier alpha value is -2.67. The number of amides is 3. The summed E-state index contributed by atoms with van der Waals surface area (Å²) in [6.45, 7) is 2.70. The monoisotopic (exact) mass is 381 g/mol. The second-order valence-electron chi connectivity index (χ2n) is 7.94. The van der Waals surface area contributed by atoms with Crippen LogP contribution in [0.1, 0.15) is 30.4 Å². The summed E-state index contributed by atoms with van der Waals surface area (Å²) in [7, 11) is 1.92. The van der Waals surface area contributed by atoms with Crippen LogP contribution in [0.4, 0.5) is 4.79 Å². The van der Waals surface area contributed by atoms with E-state index >= 15 is 0 Å². The third kappa shape index (κ3) is 3.80. The van der Waals surface area contributed by atoms with Crippen molar-refractivity contribution in [1.82, 2.24) is 25.3 Å². The lowest BCUT2D eigenvalue weighted by molar-refractivity contribution is -0.127. The van der Waals surface area contributed by atoms with Crippen molar-refractivity contribution >= 4 is 11.9 Å². The minimum absolute atomic E-state index is 0.146. The Kier molecular flexibility index (Phi) is 5.17. The molecule has 1 atom stereocenters. The number of carbonyl (C=O) groups is 2. The summed E-state index contributed by atoms with van der Waals surface area (Å²) in [5.74, 6) is -0.0213. The maximum Gasteiger partial charge on any atom is 0.322 e. The fourth-order valence-corrected chi connectivity index (χ4v) is 4.55. The van der Waals surface area contributed by atoms with Gasteiger partial charge in [-0.15, -0.1) is 0 Å². The molecule has 28 heavy (non-hydrogen) atoms. The number of imide groups is 1. The number of likely N-dealkylation sites (tertiary alicyclic amines) is 1. The van der Waals surface area contributed by atoms with Gasteiger partial charge in [0.25, 0.3) is 5.91 Å². The molecule has 2 aliphatic rings. The minimum atomic E-state index is -0.798. The van der Waals surface area contributed by atoms with E-state index in [0.29, 0.717) is 6.42 Å². The molecule has 3 heterocycles. The standard InChI is InChI=1S/C21H27N5O2/c1-25-14-17(13-22-25)15-26-11-8-18(9-12-26)21(19(27)23-20(28)24-21)10-7-16-5-3-2-4-6-16/h2-6,13-14,18H,7-12,15H2,1H3,(H2,23,24,27,28). The normalized spacial score (nSPS) is 23.6. The van der Waals surface area contributed by atoms with Gasteiger partial charge in [-0.25, -0.2) is 4.79 Å². The summed E-state index contributed by atoms with van der Waals surface area (Å²) < 4.78 is 1.82. The van der Waals surface area contributed by atoms with E-state index < -0.39 is 5.54 Å². The highest BCUT2D eigenvalue weighted by Gasteiger charge is 2.51.